The van der Waals surface area contributed by atoms with Crippen molar-refractivity contribution in [1.82, 2.24) is 0 Å². The molecule has 0 aromatic rings. The maximum Gasteiger partial charge on any atom is 0.306 e. The van der Waals surface area contributed by atoms with Gasteiger partial charge >= 0.3 is 17.9 Å². The van der Waals surface area contributed by atoms with Gasteiger partial charge in [0.2, 0.25) is 0 Å². The molecular weight excluding hydrogens is 793 g/mol. The van der Waals surface area contributed by atoms with Crippen LogP contribution in [0.25, 0.3) is 0 Å². The van der Waals surface area contributed by atoms with Gasteiger partial charge in [0.15, 0.2) is 6.10 Å². The number of allylic oxidation sites excluding steroid dienone is 2. The van der Waals surface area contributed by atoms with E-state index in [-0.39, 0.29) is 31.1 Å². The Kier molecular flexibility index (Phi) is 52.2. The minimum atomic E-state index is -0.765. The highest BCUT2D eigenvalue weighted by Gasteiger charge is 2.19. The minimum absolute atomic E-state index is 0.0660. The summed E-state index contributed by atoms with van der Waals surface area (Å²) in [7, 11) is 0. The van der Waals surface area contributed by atoms with Crippen LogP contribution in [0, 0.1) is 0 Å². The lowest BCUT2D eigenvalue weighted by Gasteiger charge is -2.18. The van der Waals surface area contributed by atoms with E-state index in [9.17, 15) is 14.4 Å². The van der Waals surface area contributed by atoms with Crippen molar-refractivity contribution in [2.45, 2.75) is 329 Å². The van der Waals surface area contributed by atoms with E-state index in [4.69, 9.17) is 14.2 Å². The first-order valence-electron chi connectivity index (χ1n) is 28.7. The van der Waals surface area contributed by atoms with E-state index >= 15 is 0 Å². The van der Waals surface area contributed by atoms with Crippen molar-refractivity contribution in [2.24, 2.45) is 0 Å². The maximum absolute atomic E-state index is 12.8. The number of hydrogen-bond donors (Lipinski definition) is 0. The molecule has 0 aromatic carbocycles. The third kappa shape index (κ3) is 51.1. The van der Waals surface area contributed by atoms with E-state index in [1.54, 1.807) is 0 Å². The third-order valence-electron chi connectivity index (χ3n) is 13.0. The SMILES string of the molecule is CCCCCCCCCC/C=C\CCCCCCCCCC(=O)OCC(COC(=O)CCCCCCCCCCC)OC(=O)CCCCCCCCCCCCCCCCCCCC. The van der Waals surface area contributed by atoms with Gasteiger partial charge in [-0.15, -0.1) is 0 Å². The fourth-order valence-electron chi connectivity index (χ4n) is 8.68. The molecule has 64 heavy (non-hydrogen) atoms. The van der Waals surface area contributed by atoms with Gasteiger partial charge in [0, 0.05) is 19.3 Å². The standard InChI is InChI=1S/C58H110O6/c1-4-7-10-13-16-19-21-23-25-27-29-31-32-34-36-39-42-45-48-51-57(60)63-54-55(53-62-56(59)50-47-44-41-38-18-15-12-9-6-3)64-58(61)52-49-46-43-40-37-35-33-30-28-26-24-22-20-17-14-11-8-5-2/h27,29,55H,4-26,28,30-54H2,1-3H3/b29-27-. The number of unbranched alkanes of at least 4 members (excludes halogenated alkanes) is 40. The molecule has 0 aliphatic rings. The maximum atomic E-state index is 12.8. The number of esters is 3. The summed E-state index contributed by atoms with van der Waals surface area (Å²) in [5, 5.41) is 0. The van der Waals surface area contributed by atoms with Gasteiger partial charge in [-0.05, 0) is 44.9 Å². The summed E-state index contributed by atoms with van der Waals surface area (Å²) in [4.78, 5) is 38.0. The molecule has 6 heteroatoms. The van der Waals surface area contributed by atoms with Crippen molar-refractivity contribution in [3.63, 3.8) is 0 Å². The van der Waals surface area contributed by atoms with E-state index in [0.717, 1.165) is 57.8 Å². The molecule has 0 fully saturated rings. The molecule has 0 aromatic heterocycles. The van der Waals surface area contributed by atoms with Crippen molar-refractivity contribution >= 4 is 17.9 Å². The molecule has 0 saturated carbocycles. The molecule has 0 heterocycles. The van der Waals surface area contributed by atoms with Gasteiger partial charge in [-0.1, -0.05) is 270 Å². The summed E-state index contributed by atoms with van der Waals surface area (Å²) in [6.07, 6.45) is 60.7. The second-order valence-electron chi connectivity index (χ2n) is 19.6. The van der Waals surface area contributed by atoms with Crippen LogP contribution in [0.1, 0.15) is 323 Å². The summed E-state index contributed by atoms with van der Waals surface area (Å²) in [5.74, 6) is -0.851. The lowest BCUT2D eigenvalue weighted by atomic mass is 10.0. The topological polar surface area (TPSA) is 78.9 Å². The highest BCUT2D eigenvalue weighted by atomic mass is 16.6. The van der Waals surface area contributed by atoms with E-state index in [0.29, 0.717) is 19.3 Å². The van der Waals surface area contributed by atoms with Crippen LogP contribution in [-0.2, 0) is 28.6 Å². The smallest absolute Gasteiger partial charge is 0.306 e. The lowest BCUT2D eigenvalue weighted by Crippen LogP contribution is -2.30. The van der Waals surface area contributed by atoms with Crippen molar-refractivity contribution in [3.8, 4) is 0 Å². The first kappa shape index (κ1) is 62.1. The van der Waals surface area contributed by atoms with Crippen LogP contribution in [0.4, 0.5) is 0 Å². The lowest BCUT2D eigenvalue weighted by molar-refractivity contribution is -0.167. The number of rotatable bonds is 53. The Morgan fingerprint density at radius 1 is 0.297 bits per heavy atom. The summed E-state index contributed by atoms with van der Waals surface area (Å²) in [6.45, 7) is 6.67. The Balaban J connectivity index is 4.23. The van der Waals surface area contributed by atoms with Crippen LogP contribution >= 0.6 is 0 Å². The molecule has 0 radical (unpaired) electrons. The Morgan fingerprint density at radius 2 is 0.516 bits per heavy atom. The fraction of sp³-hybridized carbons (Fsp3) is 0.914. The van der Waals surface area contributed by atoms with Crippen LogP contribution in [0.2, 0.25) is 0 Å². The van der Waals surface area contributed by atoms with Gasteiger partial charge in [0.1, 0.15) is 13.2 Å². The van der Waals surface area contributed by atoms with E-state index in [1.807, 2.05) is 0 Å². The molecule has 1 unspecified atom stereocenters. The Hall–Kier alpha value is -1.85. The van der Waals surface area contributed by atoms with Gasteiger partial charge in [-0.25, -0.2) is 0 Å². The minimum Gasteiger partial charge on any atom is -0.462 e. The zero-order valence-electron chi connectivity index (χ0n) is 43.3. The second-order valence-corrected chi connectivity index (χ2v) is 19.6. The number of hydrogen-bond acceptors (Lipinski definition) is 6. The van der Waals surface area contributed by atoms with E-state index < -0.39 is 6.10 Å². The van der Waals surface area contributed by atoms with Crippen LogP contribution in [0.3, 0.4) is 0 Å². The molecule has 0 N–H and O–H groups in total. The first-order valence-corrected chi connectivity index (χ1v) is 28.7. The van der Waals surface area contributed by atoms with Crippen LogP contribution in [0.15, 0.2) is 12.2 Å². The Morgan fingerprint density at radius 3 is 0.781 bits per heavy atom. The number of carbonyl (C=O) groups is 3. The average Bonchev–Trinajstić information content (AvgIpc) is 3.29. The van der Waals surface area contributed by atoms with Crippen molar-refractivity contribution in [2.75, 3.05) is 13.2 Å². The van der Waals surface area contributed by atoms with Crippen molar-refractivity contribution < 1.29 is 28.6 Å². The Labute approximate surface area is 399 Å². The van der Waals surface area contributed by atoms with Crippen molar-refractivity contribution in [1.29, 1.82) is 0 Å². The first-order chi connectivity index (χ1) is 31.5. The summed E-state index contributed by atoms with van der Waals surface area (Å²) in [5.41, 5.74) is 0. The highest BCUT2D eigenvalue weighted by molar-refractivity contribution is 5.71. The van der Waals surface area contributed by atoms with E-state index in [2.05, 4.69) is 32.9 Å². The molecule has 0 amide bonds. The molecule has 6 nitrogen and oxygen atoms in total. The van der Waals surface area contributed by atoms with Gasteiger partial charge < -0.3 is 14.2 Å². The molecule has 0 rings (SSSR count). The zero-order chi connectivity index (χ0) is 46.5. The zero-order valence-corrected chi connectivity index (χ0v) is 43.3. The summed E-state index contributed by atoms with van der Waals surface area (Å²) in [6, 6.07) is 0. The third-order valence-corrected chi connectivity index (χ3v) is 13.0. The monoisotopic (exact) mass is 903 g/mol. The molecule has 378 valence electrons. The van der Waals surface area contributed by atoms with E-state index in [1.165, 1.54) is 225 Å². The average molecular weight is 904 g/mol. The predicted octanol–water partition coefficient (Wildman–Crippen LogP) is 18.9. The van der Waals surface area contributed by atoms with Crippen LogP contribution < -0.4 is 0 Å². The quantitative estimate of drug-likeness (QED) is 0.0262. The fourth-order valence-corrected chi connectivity index (χ4v) is 8.68. The highest BCUT2D eigenvalue weighted by Crippen LogP contribution is 2.17. The largest absolute Gasteiger partial charge is 0.462 e. The van der Waals surface area contributed by atoms with Crippen LogP contribution in [-0.4, -0.2) is 37.2 Å². The molecule has 1 atom stereocenters. The summed E-state index contributed by atoms with van der Waals surface area (Å²) >= 11 is 0. The van der Waals surface area contributed by atoms with Crippen molar-refractivity contribution in [3.05, 3.63) is 12.2 Å². The molecule has 0 aliphatic carbocycles. The predicted molar refractivity (Wildman–Crippen MR) is 275 cm³/mol. The number of carbonyl (C=O) groups excluding carboxylic acids is 3. The normalized spacial score (nSPS) is 12.0. The number of ether oxygens (including phenoxy) is 3. The van der Waals surface area contributed by atoms with Gasteiger partial charge in [0.05, 0.1) is 0 Å². The molecule has 0 saturated heterocycles. The molecule has 0 bridgehead atoms. The Bertz CT molecular complexity index is 993. The molecule has 0 aliphatic heterocycles. The van der Waals surface area contributed by atoms with Gasteiger partial charge in [-0.3, -0.25) is 14.4 Å². The van der Waals surface area contributed by atoms with Gasteiger partial charge in [0.25, 0.3) is 0 Å². The molecule has 0 spiro atoms. The molecular formula is C58H110O6. The second kappa shape index (κ2) is 53.8. The van der Waals surface area contributed by atoms with Gasteiger partial charge in [-0.2, -0.15) is 0 Å². The summed E-state index contributed by atoms with van der Waals surface area (Å²) < 4.78 is 16.8. The van der Waals surface area contributed by atoms with Crippen LogP contribution in [0.5, 0.6) is 0 Å².